The van der Waals surface area contributed by atoms with Gasteiger partial charge < -0.3 is 19.9 Å². The number of thioether (sulfide) groups is 1. The molecule has 0 spiro atoms. The Morgan fingerprint density at radius 2 is 2.13 bits per heavy atom. The first kappa shape index (κ1) is 19.6. The fourth-order valence-corrected chi connectivity index (χ4v) is 3.18. The zero-order chi connectivity index (χ0) is 20.8. The molecule has 11 heteroatoms. The van der Waals surface area contributed by atoms with Crippen LogP contribution in [0, 0.1) is 0 Å². The van der Waals surface area contributed by atoms with Gasteiger partial charge in [0.15, 0.2) is 11.5 Å². The number of rotatable bonds is 8. The molecule has 3 aromatic rings. The Bertz CT molecular complexity index is 1070. The van der Waals surface area contributed by atoms with E-state index in [-0.39, 0.29) is 24.2 Å². The molecule has 0 fully saturated rings. The molecule has 1 aromatic heterocycles. The van der Waals surface area contributed by atoms with E-state index in [1.807, 2.05) is 18.2 Å². The highest BCUT2D eigenvalue weighted by atomic mass is 32.2. The van der Waals surface area contributed by atoms with Crippen molar-refractivity contribution in [3.63, 3.8) is 0 Å². The number of carbonyl (C=O) groups excluding carboxylic acids is 1. The minimum Gasteiger partial charge on any atom is -0.507 e. The predicted octanol–water partition coefficient (Wildman–Crippen LogP) is 2.09. The van der Waals surface area contributed by atoms with Crippen molar-refractivity contribution in [1.29, 1.82) is 0 Å². The third kappa shape index (κ3) is 5.00. The summed E-state index contributed by atoms with van der Waals surface area (Å²) in [7, 11) is 0. The largest absolute Gasteiger partial charge is 0.507 e. The summed E-state index contributed by atoms with van der Waals surface area (Å²) in [5.74, 6) is 1.87. The number of aromatic nitrogens is 3. The highest BCUT2D eigenvalue weighted by Crippen LogP contribution is 2.32. The molecule has 1 aliphatic rings. The molecule has 4 N–H and O–H groups in total. The number of para-hydroxylation sites is 1. The van der Waals surface area contributed by atoms with Crippen LogP contribution in [-0.2, 0) is 11.3 Å². The van der Waals surface area contributed by atoms with Gasteiger partial charge in [-0.05, 0) is 29.8 Å². The molecule has 4 rings (SSSR count). The van der Waals surface area contributed by atoms with Gasteiger partial charge in [-0.3, -0.25) is 4.79 Å². The second kappa shape index (κ2) is 9.18. The van der Waals surface area contributed by atoms with Gasteiger partial charge in [0.05, 0.1) is 12.0 Å². The van der Waals surface area contributed by atoms with Gasteiger partial charge in [-0.2, -0.15) is 10.1 Å². The van der Waals surface area contributed by atoms with Crippen LogP contribution in [-0.4, -0.2) is 45.0 Å². The molecule has 1 amide bonds. The van der Waals surface area contributed by atoms with Crippen LogP contribution in [0.2, 0.25) is 0 Å². The fraction of sp³-hybridized carbons (Fsp3) is 0.158. The molecule has 0 saturated carbocycles. The lowest BCUT2D eigenvalue weighted by atomic mass is 10.2. The zero-order valence-electron chi connectivity index (χ0n) is 15.7. The molecular formula is C19H18N6O4S. The lowest BCUT2D eigenvalue weighted by molar-refractivity contribution is -0.118. The summed E-state index contributed by atoms with van der Waals surface area (Å²) < 4.78 is 10.6. The number of benzene rings is 2. The summed E-state index contributed by atoms with van der Waals surface area (Å²) in [5, 5.41) is 23.6. The maximum absolute atomic E-state index is 12.1. The van der Waals surface area contributed by atoms with Gasteiger partial charge in [0.1, 0.15) is 5.75 Å². The molecule has 154 valence electrons. The van der Waals surface area contributed by atoms with Crippen molar-refractivity contribution in [2.45, 2.75) is 11.7 Å². The number of nitrogens with zero attached hydrogens (tertiary/aromatic N) is 3. The summed E-state index contributed by atoms with van der Waals surface area (Å²) in [6.45, 7) is 0.604. The van der Waals surface area contributed by atoms with Crippen LogP contribution in [0.25, 0.3) is 0 Å². The average molecular weight is 426 g/mol. The lowest BCUT2D eigenvalue weighted by Crippen LogP contribution is -2.24. The Kier molecular flexibility index (Phi) is 5.99. The van der Waals surface area contributed by atoms with Crippen LogP contribution in [0.4, 0.5) is 5.95 Å². The highest BCUT2D eigenvalue weighted by molar-refractivity contribution is 7.99. The number of phenols is 1. The van der Waals surface area contributed by atoms with E-state index in [2.05, 4.69) is 31.0 Å². The van der Waals surface area contributed by atoms with Crippen LogP contribution in [0.5, 0.6) is 17.2 Å². The quantitative estimate of drug-likeness (QED) is 0.244. The molecule has 0 unspecified atom stereocenters. The third-order valence-electron chi connectivity index (χ3n) is 4.03. The molecule has 0 atom stereocenters. The Morgan fingerprint density at radius 3 is 3.03 bits per heavy atom. The number of nitrogens with one attached hydrogen (secondary N) is 3. The highest BCUT2D eigenvalue weighted by Gasteiger charge is 2.13. The molecule has 2 heterocycles. The Labute approximate surface area is 175 Å². The van der Waals surface area contributed by atoms with Gasteiger partial charge in [0.25, 0.3) is 0 Å². The van der Waals surface area contributed by atoms with Crippen LogP contribution in [0.3, 0.4) is 0 Å². The molecule has 30 heavy (non-hydrogen) atoms. The topological polar surface area (TPSA) is 134 Å². The second-order valence-electron chi connectivity index (χ2n) is 6.15. The standard InChI is InChI=1S/C19H18N6O4S/c26-14-4-2-1-3-13(14)9-21-23-18-22-19(25-24-18)30-10-17(27)20-8-12-5-6-15-16(7-12)29-11-28-15/h1-7,9,26H,8,10-11H2,(H,20,27)(H2,22,23,24,25)/b21-9+. The van der Waals surface area contributed by atoms with E-state index in [0.29, 0.717) is 34.7 Å². The van der Waals surface area contributed by atoms with Gasteiger partial charge in [-0.1, -0.05) is 30.0 Å². The van der Waals surface area contributed by atoms with Crippen LogP contribution in [0.15, 0.2) is 52.7 Å². The number of phenolic OH excluding ortho intramolecular Hbond substituents is 1. The third-order valence-corrected chi connectivity index (χ3v) is 4.88. The maximum atomic E-state index is 12.1. The van der Waals surface area contributed by atoms with E-state index in [1.165, 1.54) is 18.0 Å². The van der Waals surface area contributed by atoms with Crippen molar-refractivity contribution >= 4 is 29.8 Å². The monoisotopic (exact) mass is 426 g/mol. The molecule has 0 saturated heterocycles. The van der Waals surface area contributed by atoms with E-state index >= 15 is 0 Å². The first-order valence-corrected chi connectivity index (χ1v) is 9.93. The summed E-state index contributed by atoms with van der Waals surface area (Å²) in [6.07, 6.45) is 1.47. The number of aromatic hydroxyl groups is 1. The van der Waals surface area contributed by atoms with Crippen molar-refractivity contribution < 1.29 is 19.4 Å². The molecule has 0 bridgehead atoms. The molecule has 2 aromatic carbocycles. The summed E-state index contributed by atoms with van der Waals surface area (Å²) in [4.78, 5) is 16.3. The molecular weight excluding hydrogens is 408 g/mol. The minimum absolute atomic E-state index is 0.128. The number of hydrogen-bond donors (Lipinski definition) is 4. The van der Waals surface area contributed by atoms with Crippen LogP contribution >= 0.6 is 11.8 Å². The van der Waals surface area contributed by atoms with E-state index < -0.39 is 0 Å². The number of carbonyl (C=O) groups is 1. The smallest absolute Gasteiger partial charge is 0.240 e. The number of anilines is 1. The van der Waals surface area contributed by atoms with Crippen molar-refractivity contribution in [3.8, 4) is 17.2 Å². The molecule has 10 nitrogen and oxygen atoms in total. The Balaban J connectivity index is 1.21. The summed E-state index contributed by atoms with van der Waals surface area (Å²) in [6, 6.07) is 12.4. The van der Waals surface area contributed by atoms with Gasteiger partial charge in [-0.25, -0.2) is 10.5 Å². The molecule has 0 aliphatic carbocycles. The minimum atomic E-state index is -0.144. The fourth-order valence-electron chi connectivity index (χ4n) is 2.55. The second-order valence-corrected chi connectivity index (χ2v) is 7.09. The number of hydrazone groups is 1. The maximum Gasteiger partial charge on any atom is 0.240 e. The Morgan fingerprint density at radius 1 is 1.27 bits per heavy atom. The summed E-state index contributed by atoms with van der Waals surface area (Å²) >= 11 is 1.19. The number of amides is 1. The number of aromatic amines is 1. The van der Waals surface area contributed by atoms with E-state index in [9.17, 15) is 9.90 Å². The first-order valence-electron chi connectivity index (χ1n) is 8.95. The van der Waals surface area contributed by atoms with Crippen LogP contribution in [0.1, 0.15) is 11.1 Å². The van der Waals surface area contributed by atoms with Crippen LogP contribution < -0.4 is 20.2 Å². The normalized spacial score (nSPS) is 12.3. The van der Waals surface area contributed by atoms with Gasteiger partial charge in [-0.15, -0.1) is 5.10 Å². The number of ether oxygens (including phenoxy) is 2. The van der Waals surface area contributed by atoms with Crippen molar-refractivity contribution in [1.82, 2.24) is 20.5 Å². The first-order chi connectivity index (χ1) is 14.7. The van der Waals surface area contributed by atoms with E-state index in [1.54, 1.807) is 24.3 Å². The van der Waals surface area contributed by atoms with E-state index in [4.69, 9.17) is 9.47 Å². The summed E-state index contributed by atoms with van der Waals surface area (Å²) in [5.41, 5.74) is 4.18. The number of H-pyrrole nitrogens is 1. The van der Waals surface area contributed by atoms with E-state index in [0.717, 1.165) is 5.56 Å². The van der Waals surface area contributed by atoms with Crippen molar-refractivity contribution in [3.05, 3.63) is 53.6 Å². The van der Waals surface area contributed by atoms with Gasteiger partial charge in [0, 0.05) is 12.1 Å². The lowest BCUT2D eigenvalue weighted by Gasteiger charge is -2.05. The average Bonchev–Trinajstić information content (AvgIpc) is 3.41. The number of hydrogen-bond acceptors (Lipinski definition) is 9. The molecule has 0 radical (unpaired) electrons. The SMILES string of the molecule is O=C(CSc1n[nH]c(N/N=C/c2ccccc2O)n1)NCc1ccc2c(c1)OCO2. The predicted molar refractivity (Wildman–Crippen MR) is 111 cm³/mol. The number of fused-ring (bicyclic) bond motifs is 1. The van der Waals surface area contributed by atoms with Crippen molar-refractivity contribution in [2.24, 2.45) is 5.10 Å². The van der Waals surface area contributed by atoms with Gasteiger partial charge >= 0.3 is 0 Å². The Hall–Kier alpha value is -3.73. The van der Waals surface area contributed by atoms with Gasteiger partial charge in [0.2, 0.25) is 23.8 Å². The molecule has 1 aliphatic heterocycles. The zero-order valence-corrected chi connectivity index (χ0v) is 16.5. The van der Waals surface area contributed by atoms with Crippen molar-refractivity contribution in [2.75, 3.05) is 18.0 Å².